The Balaban J connectivity index is 1.02. The van der Waals surface area contributed by atoms with Crippen molar-refractivity contribution in [2.75, 3.05) is 53.4 Å². The molecule has 0 bridgehead atoms. The largest absolute Gasteiger partial charge is 0.446 e. The highest BCUT2D eigenvalue weighted by atomic mass is 16.6. The molecule has 1 saturated heterocycles. The number of piperidine rings is 1. The van der Waals surface area contributed by atoms with E-state index in [0.717, 1.165) is 50.1 Å². The summed E-state index contributed by atoms with van der Waals surface area (Å²) < 4.78 is 6.51. The number of imide groups is 1. The lowest BCUT2D eigenvalue weighted by Crippen LogP contribution is -2.46. The monoisotopic (exact) mass is 581 g/mol. The van der Waals surface area contributed by atoms with E-state index in [1.807, 2.05) is 60.7 Å². The predicted octanol–water partition coefficient (Wildman–Crippen LogP) is 4.90. The van der Waals surface area contributed by atoms with Crippen LogP contribution in [0.25, 0.3) is 0 Å². The van der Waals surface area contributed by atoms with Crippen LogP contribution in [-0.4, -0.2) is 91.7 Å². The highest BCUT2D eigenvalue weighted by Crippen LogP contribution is 2.24. The van der Waals surface area contributed by atoms with E-state index < -0.39 is 6.09 Å². The normalized spacial score (nSPS) is 16.2. The zero-order valence-corrected chi connectivity index (χ0v) is 25.0. The summed E-state index contributed by atoms with van der Waals surface area (Å²) in [6, 6.07) is 26.6. The summed E-state index contributed by atoms with van der Waals surface area (Å²) >= 11 is 0. The second-order valence-corrected chi connectivity index (χ2v) is 11.9. The number of amides is 3. The molecule has 1 N–H and O–H groups in total. The summed E-state index contributed by atoms with van der Waals surface area (Å²) in [5.41, 5.74) is 3.02. The van der Waals surface area contributed by atoms with Gasteiger partial charge < -0.3 is 14.5 Å². The van der Waals surface area contributed by atoms with E-state index in [4.69, 9.17) is 4.74 Å². The number of benzene rings is 3. The first-order valence-electron chi connectivity index (χ1n) is 15.0. The molecule has 0 spiro atoms. The van der Waals surface area contributed by atoms with Crippen molar-refractivity contribution in [2.24, 2.45) is 0 Å². The Morgan fingerprint density at radius 2 is 1.40 bits per heavy atom. The van der Waals surface area contributed by atoms with Crippen molar-refractivity contribution >= 4 is 17.9 Å². The number of carbonyl (C=O) groups excluding carboxylic acids is 3. The Bertz CT molecular complexity index is 1360. The molecule has 0 saturated carbocycles. The van der Waals surface area contributed by atoms with Gasteiger partial charge >= 0.3 is 6.09 Å². The Morgan fingerprint density at radius 3 is 1.95 bits per heavy atom. The fourth-order valence-electron chi connectivity index (χ4n) is 5.65. The zero-order chi connectivity index (χ0) is 30.2. The van der Waals surface area contributed by atoms with E-state index in [9.17, 15) is 14.4 Å². The minimum atomic E-state index is -0.391. The van der Waals surface area contributed by atoms with Crippen molar-refractivity contribution in [1.82, 2.24) is 15.1 Å². The molecule has 5 rings (SSSR count). The minimum Gasteiger partial charge on any atom is -0.446 e. The number of likely N-dealkylation sites (tertiary alicyclic amines) is 1. The maximum Gasteiger partial charge on any atom is 0.408 e. The van der Waals surface area contributed by atoms with Gasteiger partial charge in [0.2, 0.25) is 0 Å². The molecule has 2 heterocycles. The molecule has 3 aromatic carbocycles. The van der Waals surface area contributed by atoms with Crippen LogP contribution in [0.3, 0.4) is 0 Å². The predicted molar refractivity (Wildman–Crippen MR) is 167 cm³/mol. The van der Waals surface area contributed by atoms with Gasteiger partial charge in [-0.1, -0.05) is 78.9 Å². The van der Waals surface area contributed by atoms with Gasteiger partial charge in [0.25, 0.3) is 11.8 Å². The third-order valence-corrected chi connectivity index (χ3v) is 8.27. The van der Waals surface area contributed by atoms with Crippen molar-refractivity contribution in [3.8, 4) is 0 Å². The Hall–Kier alpha value is -4.27. The quantitative estimate of drug-likeness (QED) is 0.198. The second-order valence-electron chi connectivity index (χ2n) is 11.9. The van der Waals surface area contributed by atoms with Crippen molar-refractivity contribution in [3.05, 3.63) is 119 Å². The van der Waals surface area contributed by atoms with Gasteiger partial charge in [0.15, 0.2) is 0 Å². The average molecular weight is 582 g/mol. The fourth-order valence-corrected chi connectivity index (χ4v) is 5.65. The first kappa shape index (κ1) is 30.2. The number of fused-ring (bicyclic) bond motifs is 1. The number of hydrogen-bond acceptors (Lipinski definition) is 5. The zero-order valence-electron chi connectivity index (χ0n) is 25.0. The number of rotatable bonds is 11. The summed E-state index contributed by atoms with van der Waals surface area (Å²) in [7, 11) is 4.22. The number of nitrogens with zero attached hydrogens (tertiary/aromatic N) is 3. The summed E-state index contributed by atoms with van der Waals surface area (Å²) in [5, 5.41) is 3.07. The molecule has 0 unspecified atom stereocenters. The van der Waals surface area contributed by atoms with Crippen LogP contribution in [0.15, 0.2) is 97.1 Å². The molecule has 0 aromatic heterocycles. The van der Waals surface area contributed by atoms with E-state index in [1.54, 1.807) is 24.3 Å². The lowest BCUT2D eigenvalue weighted by atomic mass is 9.99. The van der Waals surface area contributed by atoms with Gasteiger partial charge in [-0.05, 0) is 42.2 Å². The molecule has 8 heteroatoms. The van der Waals surface area contributed by atoms with Gasteiger partial charge in [-0.25, -0.2) is 4.79 Å². The first-order chi connectivity index (χ1) is 20.8. The molecule has 0 aliphatic carbocycles. The third-order valence-electron chi connectivity index (χ3n) is 8.27. The number of likely N-dealkylation sites (N-methyl/N-ethyl adjacent to an activating group) is 1. The van der Waals surface area contributed by atoms with Gasteiger partial charge in [0.1, 0.15) is 6.10 Å². The van der Waals surface area contributed by atoms with Crippen molar-refractivity contribution in [1.29, 1.82) is 0 Å². The number of ether oxygens (including phenoxy) is 1. The topological polar surface area (TPSA) is 79.0 Å². The summed E-state index contributed by atoms with van der Waals surface area (Å²) in [4.78, 5) is 41.9. The highest BCUT2D eigenvalue weighted by molar-refractivity contribution is 6.21. The van der Waals surface area contributed by atoms with Crippen LogP contribution in [0.4, 0.5) is 4.79 Å². The van der Waals surface area contributed by atoms with Crippen LogP contribution < -0.4 is 5.32 Å². The number of hydrogen-bond donors (Lipinski definition) is 1. The van der Waals surface area contributed by atoms with Crippen LogP contribution >= 0.6 is 0 Å². The van der Waals surface area contributed by atoms with E-state index in [0.29, 0.717) is 28.7 Å². The van der Waals surface area contributed by atoms with Gasteiger partial charge in [-0.3, -0.25) is 19.4 Å². The van der Waals surface area contributed by atoms with E-state index in [1.165, 1.54) is 4.90 Å². The smallest absolute Gasteiger partial charge is 0.408 e. The Kier molecular flexibility index (Phi) is 9.69. The van der Waals surface area contributed by atoms with E-state index in [-0.39, 0.29) is 24.0 Å². The summed E-state index contributed by atoms with van der Waals surface area (Å²) in [6.45, 7) is 4.43. The molecule has 0 atom stereocenters. The molecular formula is C35H41N4O4+. The maximum atomic E-state index is 12.9. The van der Waals surface area contributed by atoms with Gasteiger partial charge in [-0.2, -0.15) is 0 Å². The van der Waals surface area contributed by atoms with Crippen LogP contribution in [-0.2, 0) is 4.74 Å². The third kappa shape index (κ3) is 7.77. The summed E-state index contributed by atoms with van der Waals surface area (Å²) in [5.74, 6) is -0.401. The molecule has 2 aliphatic rings. The Morgan fingerprint density at radius 1 is 0.860 bits per heavy atom. The van der Waals surface area contributed by atoms with Crippen LogP contribution in [0, 0.1) is 0 Å². The number of nitrogens with one attached hydrogen (secondary N) is 1. The molecule has 0 radical (unpaired) electrons. The van der Waals surface area contributed by atoms with Crippen molar-refractivity contribution in [3.63, 3.8) is 0 Å². The highest BCUT2D eigenvalue weighted by Gasteiger charge is 2.36. The second kappa shape index (κ2) is 13.8. The first-order valence-corrected chi connectivity index (χ1v) is 15.0. The average Bonchev–Trinajstić information content (AvgIpc) is 3.27. The SMILES string of the molecule is C[N+](C)(CC=CCN1CCC(OC(=O)NC(c2ccccc2)c2ccccc2)CC1)CCN1C(=O)c2ccccc2C1=O. The lowest BCUT2D eigenvalue weighted by Gasteiger charge is -2.32. The molecule has 2 aliphatic heterocycles. The van der Waals surface area contributed by atoms with Crippen molar-refractivity contribution < 1.29 is 23.6 Å². The van der Waals surface area contributed by atoms with E-state index >= 15 is 0 Å². The molecule has 3 aromatic rings. The molecule has 1 fully saturated rings. The van der Waals surface area contributed by atoms with Gasteiger partial charge in [0.05, 0.1) is 50.9 Å². The molecular weight excluding hydrogens is 540 g/mol. The van der Waals surface area contributed by atoms with Crippen LogP contribution in [0.2, 0.25) is 0 Å². The number of alkyl carbamates (subject to hydrolysis) is 1. The minimum absolute atomic E-state index is 0.106. The lowest BCUT2D eigenvalue weighted by molar-refractivity contribution is -0.883. The molecule has 224 valence electrons. The summed E-state index contributed by atoms with van der Waals surface area (Å²) in [6.07, 6.45) is 5.45. The van der Waals surface area contributed by atoms with Crippen molar-refractivity contribution in [2.45, 2.75) is 25.0 Å². The fraction of sp³-hybridized carbons (Fsp3) is 0.343. The van der Waals surface area contributed by atoms with E-state index in [2.05, 4.69) is 36.5 Å². The maximum absolute atomic E-state index is 12.9. The molecule has 8 nitrogen and oxygen atoms in total. The Labute approximate surface area is 254 Å². The van der Waals surface area contributed by atoms with Crippen LogP contribution in [0.1, 0.15) is 50.7 Å². The number of quaternary nitrogens is 1. The standard InChI is InChI=1S/C35H40N4O4/c1-39(2,26-24-38-33(40)30-17-9-10-18-31(30)34(38)41)25-12-11-21-37-22-19-29(20-23-37)43-35(42)36-32(27-13-5-3-6-14-27)28-15-7-4-8-16-28/h3-18,29,32H,19-26H2,1-2H3/p+1. The number of carbonyl (C=O) groups is 3. The molecule has 43 heavy (non-hydrogen) atoms. The van der Waals surface area contributed by atoms with Gasteiger partial charge in [0, 0.05) is 19.6 Å². The van der Waals surface area contributed by atoms with Crippen LogP contribution in [0.5, 0.6) is 0 Å². The van der Waals surface area contributed by atoms with Gasteiger partial charge in [-0.15, -0.1) is 0 Å². The molecule has 3 amide bonds.